The Morgan fingerprint density at radius 1 is 0.931 bits per heavy atom. The highest BCUT2D eigenvalue weighted by Crippen LogP contribution is 2.27. The summed E-state index contributed by atoms with van der Waals surface area (Å²) in [5.41, 5.74) is 2.08. The number of hydrogen-bond donors (Lipinski definition) is 2. The zero-order valence-corrected chi connectivity index (χ0v) is 16.7. The van der Waals surface area contributed by atoms with E-state index < -0.39 is 30.7 Å². The Labute approximate surface area is 172 Å². The van der Waals surface area contributed by atoms with E-state index in [2.05, 4.69) is 0 Å². The molecule has 29 heavy (non-hydrogen) atoms. The molecule has 6 nitrogen and oxygen atoms in total. The van der Waals surface area contributed by atoms with E-state index in [1.807, 2.05) is 67.6 Å². The normalized spacial score (nSPS) is 25.2. The lowest BCUT2D eigenvalue weighted by atomic mass is 10.1. The highest BCUT2D eigenvalue weighted by Gasteiger charge is 2.47. The maximum Gasteiger partial charge on any atom is 0.184 e. The van der Waals surface area contributed by atoms with Crippen LogP contribution >= 0.6 is 0 Å². The summed E-state index contributed by atoms with van der Waals surface area (Å²) in [7, 11) is 0. The Morgan fingerprint density at radius 2 is 1.55 bits per heavy atom. The minimum Gasteiger partial charge on any atom is -0.385 e. The zero-order chi connectivity index (χ0) is 20.5. The topological polar surface area (TPSA) is 77.4 Å². The summed E-state index contributed by atoms with van der Waals surface area (Å²) in [6.45, 7) is 3.50. The Bertz CT molecular complexity index is 695. The van der Waals surface area contributed by atoms with E-state index >= 15 is 0 Å². The van der Waals surface area contributed by atoms with Gasteiger partial charge in [-0.25, -0.2) is 0 Å². The molecule has 1 unspecified atom stereocenters. The number of hydrogen-bond acceptors (Lipinski definition) is 6. The van der Waals surface area contributed by atoms with Crippen LogP contribution in [0.4, 0.5) is 0 Å². The van der Waals surface area contributed by atoms with E-state index in [0.717, 1.165) is 17.5 Å². The van der Waals surface area contributed by atoms with E-state index in [-0.39, 0.29) is 6.61 Å². The average molecular weight is 402 g/mol. The van der Waals surface area contributed by atoms with Gasteiger partial charge in [-0.05, 0) is 17.5 Å². The van der Waals surface area contributed by atoms with Crippen LogP contribution in [-0.2, 0) is 32.2 Å². The van der Waals surface area contributed by atoms with Crippen molar-refractivity contribution in [3.8, 4) is 0 Å². The number of aliphatic hydroxyl groups is 2. The second kappa shape index (κ2) is 11.4. The van der Waals surface area contributed by atoms with Gasteiger partial charge in [-0.15, -0.1) is 0 Å². The summed E-state index contributed by atoms with van der Waals surface area (Å²) in [5, 5.41) is 20.3. The fourth-order valence-corrected chi connectivity index (χ4v) is 3.30. The Kier molecular flexibility index (Phi) is 8.61. The summed E-state index contributed by atoms with van der Waals surface area (Å²) in [6.07, 6.45) is -3.45. The summed E-state index contributed by atoms with van der Waals surface area (Å²) in [4.78, 5) is 0. The monoisotopic (exact) mass is 402 g/mol. The van der Waals surface area contributed by atoms with Crippen molar-refractivity contribution in [1.82, 2.24) is 0 Å². The molecule has 2 aromatic carbocycles. The first-order valence-electron chi connectivity index (χ1n) is 10.1. The second-order valence-corrected chi connectivity index (χ2v) is 7.15. The van der Waals surface area contributed by atoms with Crippen LogP contribution in [0.3, 0.4) is 0 Å². The van der Waals surface area contributed by atoms with E-state index in [9.17, 15) is 10.2 Å². The molecule has 0 bridgehead atoms. The van der Waals surface area contributed by atoms with Crippen molar-refractivity contribution in [2.45, 2.75) is 57.3 Å². The first-order valence-corrected chi connectivity index (χ1v) is 10.1. The van der Waals surface area contributed by atoms with Crippen LogP contribution in [0.25, 0.3) is 0 Å². The maximum atomic E-state index is 10.3. The summed E-state index contributed by atoms with van der Waals surface area (Å²) in [5.74, 6) is 0. The molecule has 5 atom stereocenters. The molecule has 158 valence electrons. The standard InChI is InChI=1S/C23H30O6/c1-2-13-27-22-20(24)23(25)29-21(22)19(28-15-18-11-7-4-8-12-18)16-26-14-17-9-5-3-6-10-17/h3-12,19-25H,2,13-16H2,1H3/t19-,20-,21-,22-,23?/m1/s1. The van der Waals surface area contributed by atoms with E-state index in [1.54, 1.807) is 0 Å². The third kappa shape index (κ3) is 6.34. The highest BCUT2D eigenvalue weighted by molar-refractivity contribution is 5.14. The zero-order valence-electron chi connectivity index (χ0n) is 16.7. The first kappa shape index (κ1) is 21.9. The van der Waals surface area contributed by atoms with Gasteiger partial charge in [0, 0.05) is 6.61 Å². The molecule has 1 fully saturated rings. The molecule has 1 aliphatic heterocycles. The molecule has 2 N–H and O–H groups in total. The van der Waals surface area contributed by atoms with E-state index in [4.69, 9.17) is 18.9 Å². The molecule has 1 heterocycles. The molecule has 0 aromatic heterocycles. The molecular weight excluding hydrogens is 372 g/mol. The quantitative estimate of drug-likeness (QED) is 0.602. The van der Waals surface area contributed by atoms with Gasteiger partial charge in [-0.1, -0.05) is 67.6 Å². The lowest BCUT2D eigenvalue weighted by molar-refractivity contribution is -0.169. The van der Waals surface area contributed by atoms with Crippen molar-refractivity contribution in [3.05, 3.63) is 71.8 Å². The van der Waals surface area contributed by atoms with Crippen LogP contribution in [0.2, 0.25) is 0 Å². The van der Waals surface area contributed by atoms with Gasteiger partial charge < -0.3 is 29.2 Å². The van der Waals surface area contributed by atoms with Gasteiger partial charge in [0.15, 0.2) is 6.29 Å². The lowest BCUT2D eigenvalue weighted by Gasteiger charge is -2.28. The fourth-order valence-electron chi connectivity index (χ4n) is 3.30. The predicted octanol–water partition coefficient (Wildman–Crippen LogP) is 2.66. The fraction of sp³-hybridized carbons (Fsp3) is 0.478. The predicted molar refractivity (Wildman–Crippen MR) is 108 cm³/mol. The van der Waals surface area contributed by atoms with E-state index in [1.165, 1.54) is 0 Å². The molecule has 0 amide bonds. The first-order chi connectivity index (χ1) is 14.2. The highest BCUT2D eigenvalue weighted by atomic mass is 16.7. The van der Waals surface area contributed by atoms with Gasteiger partial charge in [0.2, 0.25) is 0 Å². The molecule has 2 aromatic rings. The van der Waals surface area contributed by atoms with Gasteiger partial charge in [0.25, 0.3) is 0 Å². The summed E-state index contributed by atoms with van der Waals surface area (Å²) < 4.78 is 23.4. The van der Waals surface area contributed by atoms with Crippen LogP contribution < -0.4 is 0 Å². The molecule has 0 spiro atoms. The SMILES string of the molecule is CCCO[C@H]1[C@@H]([C@@H](COCc2ccccc2)OCc2ccccc2)OC(O)[C@@H]1O. The Hall–Kier alpha value is -1.80. The van der Waals surface area contributed by atoms with Crippen LogP contribution in [0.5, 0.6) is 0 Å². The molecular formula is C23H30O6. The van der Waals surface area contributed by atoms with Crippen molar-refractivity contribution in [3.63, 3.8) is 0 Å². The molecule has 0 saturated carbocycles. The van der Waals surface area contributed by atoms with Crippen molar-refractivity contribution in [2.24, 2.45) is 0 Å². The van der Waals surface area contributed by atoms with Crippen LogP contribution in [0.15, 0.2) is 60.7 Å². The second-order valence-electron chi connectivity index (χ2n) is 7.15. The minimum atomic E-state index is -1.31. The average Bonchev–Trinajstić information content (AvgIpc) is 3.04. The lowest BCUT2D eigenvalue weighted by Crippen LogP contribution is -2.44. The van der Waals surface area contributed by atoms with Gasteiger partial charge in [-0.2, -0.15) is 0 Å². The summed E-state index contributed by atoms with van der Waals surface area (Å²) >= 11 is 0. The van der Waals surface area contributed by atoms with Crippen molar-refractivity contribution in [1.29, 1.82) is 0 Å². The minimum absolute atomic E-state index is 0.248. The molecule has 0 aliphatic carbocycles. The summed E-state index contributed by atoms with van der Waals surface area (Å²) in [6, 6.07) is 19.7. The number of aliphatic hydroxyl groups excluding tert-OH is 2. The molecule has 1 aliphatic rings. The molecule has 6 heteroatoms. The van der Waals surface area contributed by atoms with E-state index in [0.29, 0.717) is 19.8 Å². The van der Waals surface area contributed by atoms with Gasteiger partial charge >= 0.3 is 0 Å². The Balaban J connectivity index is 1.66. The molecule has 0 radical (unpaired) electrons. The Morgan fingerprint density at radius 3 is 2.17 bits per heavy atom. The van der Waals surface area contributed by atoms with Crippen molar-refractivity contribution in [2.75, 3.05) is 13.2 Å². The van der Waals surface area contributed by atoms with Crippen LogP contribution in [0.1, 0.15) is 24.5 Å². The number of benzene rings is 2. The maximum absolute atomic E-state index is 10.3. The molecule has 1 saturated heterocycles. The van der Waals surface area contributed by atoms with Gasteiger partial charge in [0.05, 0.1) is 19.8 Å². The number of ether oxygens (including phenoxy) is 4. The van der Waals surface area contributed by atoms with Crippen LogP contribution in [-0.4, -0.2) is 54.1 Å². The van der Waals surface area contributed by atoms with Crippen molar-refractivity contribution >= 4 is 0 Å². The smallest absolute Gasteiger partial charge is 0.184 e. The largest absolute Gasteiger partial charge is 0.385 e. The third-order valence-corrected chi connectivity index (χ3v) is 4.83. The number of rotatable bonds is 11. The van der Waals surface area contributed by atoms with Crippen molar-refractivity contribution < 1.29 is 29.2 Å². The molecule has 3 rings (SSSR count). The van der Waals surface area contributed by atoms with Gasteiger partial charge in [0.1, 0.15) is 24.4 Å². The third-order valence-electron chi connectivity index (χ3n) is 4.83. The van der Waals surface area contributed by atoms with Crippen LogP contribution in [0, 0.1) is 0 Å². The van der Waals surface area contributed by atoms with Gasteiger partial charge in [-0.3, -0.25) is 0 Å².